The molecule has 4 nitrogen and oxygen atoms in total. The summed E-state index contributed by atoms with van der Waals surface area (Å²) in [5.74, 6) is 1.03. The summed E-state index contributed by atoms with van der Waals surface area (Å²) in [5, 5.41) is 10.5. The van der Waals surface area contributed by atoms with Crippen molar-refractivity contribution in [2.24, 2.45) is 7.05 Å². The summed E-state index contributed by atoms with van der Waals surface area (Å²) < 4.78 is 1.82. The summed E-state index contributed by atoms with van der Waals surface area (Å²) in [6.45, 7) is 3.13. The van der Waals surface area contributed by atoms with Crippen molar-refractivity contribution in [3.63, 3.8) is 0 Å². The first-order valence-corrected chi connectivity index (χ1v) is 4.23. The van der Waals surface area contributed by atoms with Gasteiger partial charge in [-0.25, -0.2) is 0 Å². The highest BCUT2D eigenvalue weighted by Gasteiger charge is 2.03. The summed E-state index contributed by atoms with van der Waals surface area (Å²) in [5.41, 5.74) is 1.07. The zero-order chi connectivity index (χ0) is 8.97. The first kappa shape index (κ1) is 8.90. The van der Waals surface area contributed by atoms with Crippen LogP contribution in [0, 0.1) is 0 Å². The predicted molar refractivity (Wildman–Crippen MR) is 51.5 cm³/mol. The molecule has 1 rings (SSSR count). The van der Waals surface area contributed by atoms with Gasteiger partial charge in [0.2, 0.25) is 0 Å². The molecule has 0 atom stereocenters. The minimum atomic E-state index is 0.986. The maximum absolute atomic E-state index is 4.13. The molecule has 1 heterocycles. The Kier molecular flexibility index (Phi) is 2.96. The molecule has 0 aliphatic heterocycles. The maximum Gasteiger partial charge on any atom is 0.147 e. The van der Waals surface area contributed by atoms with Crippen LogP contribution in [0.4, 0.5) is 11.5 Å². The van der Waals surface area contributed by atoms with Crippen molar-refractivity contribution in [3.8, 4) is 0 Å². The molecule has 4 heteroatoms. The molecule has 0 spiro atoms. The third kappa shape index (κ3) is 1.69. The number of aryl methyl sites for hydroxylation is 1. The lowest BCUT2D eigenvalue weighted by atomic mass is 10.4. The second-order valence-corrected chi connectivity index (χ2v) is 2.71. The van der Waals surface area contributed by atoms with Crippen molar-refractivity contribution >= 4 is 11.5 Å². The van der Waals surface area contributed by atoms with Crippen LogP contribution in [0.2, 0.25) is 0 Å². The van der Waals surface area contributed by atoms with E-state index in [9.17, 15) is 0 Å². The number of hydrogen-bond acceptors (Lipinski definition) is 3. The van der Waals surface area contributed by atoms with Gasteiger partial charge in [0, 0.05) is 20.6 Å². The molecule has 0 unspecified atom stereocenters. The Morgan fingerprint density at radius 1 is 1.58 bits per heavy atom. The van der Waals surface area contributed by atoms with Gasteiger partial charge in [-0.2, -0.15) is 5.10 Å². The van der Waals surface area contributed by atoms with Crippen LogP contribution >= 0.6 is 0 Å². The fraction of sp³-hybridized carbons (Fsp3) is 0.625. The van der Waals surface area contributed by atoms with Crippen molar-refractivity contribution < 1.29 is 0 Å². The van der Waals surface area contributed by atoms with E-state index < -0.39 is 0 Å². The molecule has 68 valence electrons. The summed E-state index contributed by atoms with van der Waals surface area (Å²) in [4.78, 5) is 0. The van der Waals surface area contributed by atoms with Crippen LogP contribution < -0.4 is 10.6 Å². The van der Waals surface area contributed by atoms with E-state index in [-0.39, 0.29) is 0 Å². The Bertz CT molecular complexity index is 241. The number of anilines is 2. The molecule has 0 saturated carbocycles. The van der Waals surface area contributed by atoms with Gasteiger partial charge in [-0.05, 0) is 6.42 Å². The van der Waals surface area contributed by atoms with E-state index in [1.807, 2.05) is 25.0 Å². The van der Waals surface area contributed by atoms with Gasteiger partial charge in [-0.15, -0.1) is 0 Å². The molecular formula is C8H16N4. The lowest BCUT2D eigenvalue weighted by Crippen LogP contribution is -2.04. The zero-order valence-corrected chi connectivity index (χ0v) is 7.89. The van der Waals surface area contributed by atoms with E-state index in [4.69, 9.17) is 0 Å². The molecule has 1 aromatic heterocycles. The molecule has 0 aliphatic carbocycles. The second-order valence-electron chi connectivity index (χ2n) is 2.71. The number of nitrogens with one attached hydrogen (secondary N) is 2. The van der Waals surface area contributed by atoms with Gasteiger partial charge in [0.25, 0.3) is 0 Å². The van der Waals surface area contributed by atoms with E-state index in [0.29, 0.717) is 0 Å². The second kappa shape index (κ2) is 3.99. The van der Waals surface area contributed by atoms with E-state index in [0.717, 1.165) is 24.5 Å². The monoisotopic (exact) mass is 168 g/mol. The van der Waals surface area contributed by atoms with Crippen LogP contribution in [0.25, 0.3) is 0 Å². The number of hydrogen-bond donors (Lipinski definition) is 2. The minimum absolute atomic E-state index is 0.986. The van der Waals surface area contributed by atoms with Crippen molar-refractivity contribution in [2.75, 3.05) is 24.2 Å². The highest BCUT2D eigenvalue weighted by atomic mass is 15.3. The Morgan fingerprint density at radius 3 is 2.92 bits per heavy atom. The largest absolute Gasteiger partial charge is 0.381 e. The van der Waals surface area contributed by atoms with E-state index in [1.165, 1.54) is 0 Å². The Balaban J connectivity index is 2.70. The fourth-order valence-electron chi connectivity index (χ4n) is 1.12. The third-order valence-corrected chi connectivity index (χ3v) is 1.74. The summed E-state index contributed by atoms with van der Waals surface area (Å²) in [6.07, 6.45) is 2.96. The van der Waals surface area contributed by atoms with Crippen molar-refractivity contribution in [1.29, 1.82) is 0 Å². The van der Waals surface area contributed by atoms with Gasteiger partial charge in [-0.1, -0.05) is 6.92 Å². The molecule has 2 N–H and O–H groups in total. The molecule has 12 heavy (non-hydrogen) atoms. The van der Waals surface area contributed by atoms with Crippen LogP contribution in [0.15, 0.2) is 6.20 Å². The van der Waals surface area contributed by atoms with Crippen LogP contribution in [0.5, 0.6) is 0 Å². The first-order valence-electron chi connectivity index (χ1n) is 4.23. The predicted octanol–water partition coefficient (Wildman–Crippen LogP) is 1.28. The van der Waals surface area contributed by atoms with E-state index in [2.05, 4.69) is 22.7 Å². The van der Waals surface area contributed by atoms with Gasteiger partial charge in [-0.3, -0.25) is 4.68 Å². The summed E-state index contributed by atoms with van der Waals surface area (Å²) in [6, 6.07) is 0. The Hall–Kier alpha value is -1.19. The highest BCUT2D eigenvalue weighted by Crippen LogP contribution is 2.18. The van der Waals surface area contributed by atoms with Crippen LogP contribution in [-0.2, 0) is 7.05 Å². The Labute approximate surface area is 73.0 Å². The van der Waals surface area contributed by atoms with Crippen LogP contribution in [0.1, 0.15) is 13.3 Å². The molecule has 0 aromatic carbocycles. The lowest BCUT2D eigenvalue weighted by molar-refractivity contribution is 0.775. The van der Waals surface area contributed by atoms with Crippen LogP contribution in [0.3, 0.4) is 0 Å². The molecule has 0 aliphatic rings. The lowest BCUT2D eigenvalue weighted by Gasteiger charge is -2.05. The highest BCUT2D eigenvalue weighted by molar-refractivity contribution is 5.63. The van der Waals surface area contributed by atoms with E-state index in [1.54, 1.807) is 0 Å². The molecule has 0 radical (unpaired) electrons. The topological polar surface area (TPSA) is 41.9 Å². The van der Waals surface area contributed by atoms with Crippen molar-refractivity contribution in [1.82, 2.24) is 9.78 Å². The normalized spacial score (nSPS) is 9.92. The average Bonchev–Trinajstić information content (AvgIpc) is 2.43. The SMILES string of the molecule is CCCNc1cnn(C)c1NC. The van der Waals surface area contributed by atoms with Crippen molar-refractivity contribution in [3.05, 3.63) is 6.20 Å². The standard InChI is InChI=1S/C8H16N4/c1-4-5-10-7-6-11-12(3)8(7)9-2/h6,9-10H,4-5H2,1-3H3. The van der Waals surface area contributed by atoms with E-state index >= 15 is 0 Å². The van der Waals surface area contributed by atoms with Gasteiger partial charge in [0.05, 0.1) is 11.9 Å². The zero-order valence-electron chi connectivity index (χ0n) is 7.89. The summed E-state index contributed by atoms with van der Waals surface area (Å²) in [7, 11) is 3.82. The van der Waals surface area contributed by atoms with Crippen molar-refractivity contribution in [2.45, 2.75) is 13.3 Å². The quantitative estimate of drug-likeness (QED) is 0.711. The fourth-order valence-corrected chi connectivity index (χ4v) is 1.12. The van der Waals surface area contributed by atoms with Gasteiger partial charge in [0.15, 0.2) is 0 Å². The van der Waals surface area contributed by atoms with Crippen LogP contribution in [-0.4, -0.2) is 23.4 Å². The minimum Gasteiger partial charge on any atom is -0.381 e. The number of aromatic nitrogens is 2. The van der Waals surface area contributed by atoms with Gasteiger partial charge < -0.3 is 10.6 Å². The smallest absolute Gasteiger partial charge is 0.147 e. The van der Waals surface area contributed by atoms with Gasteiger partial charge in [0.1, 0.15) is 5.82 Å². The maximum atomic E-state index is 4.13. The molecule has 0 saturated heterocycles. The Morgan fingerprint density at radius 2 is 2.33 bits per heavy atom. The molecule has 1 aromatic rings. The molecule has 0 amide bonds. The first-order chi connectivity index (χ1) is 5.79. The number of nitrogens with zero attached hydrogens (tertiary/aromatic N) is 2. The number of rotatable bonds is 4. The molecule has 0 bridgehead atoms. The molecular weight excluding hydrogens is 152 g/mol. The average molecular weight is 168 g/mol. The molecule has 0 fully saturated rings. The third-order valence-electron chi connectivity index (χ3n) is 1.74. The van der Waals surface area contributed by atoms with Gasteiger partial charge >= 0.3 is 0 Å². The summed E-state index contributed by atoms with van der Waals surface area (Å²) >= 11 is 0.